The minimum Gasteiger partial charge on any atom is -0.330 e. The van der Waals surface area contributed by atoms with Gasteiger partial charge in [0, 0.05) is 12.6 Å². The van der Waals surface area contributed by atoms with Gasteiger partial charge in [-0.3, -0.25) is 0 Å². The highest BCUT2D eigenvalue weighted by Crippen LogP contribution is 2.23. The van der Waals surface area contributed by atoms with Gasteiger partial charge in [-0.25, -0.2) is 4.39 Å². The number of hydrogen-bond donors (Lipinski definition) is 1. The van der Waals surface area contributed by atoms with Crippen LogP contribution >= 0.6 is 28.1 Å². The zero-order valence-electron chi connectivity index (χ0n) is 9.76. The molecule has 1 aromatic heterocycles. The van der Waals surface area contributed by atoms with Crippen molar-refractivity contribution in [3.8, 4) is 0 Å². The lowest BCUT2D eigenvalue weighted by Gasteiger charge is -2.07. The van der Waals surface area contributed by atoms with Gasteiger partial charge in [0.1, 0.15) is 5.82 Å². The van der Waals surface area contributed by atoms with E-state index in [0.717, 1.165) is 24.0 Å². The third-order valence-corrected chi connectivity index (χ3v) is 3.68. The second-order valence-corrected chi connectivity index (χ2v) is 5.79. The molecule has 0 fully saturated rings. The van der Waals surface area contributed by atoms with Crippen LogP contribution in [-0.2, 0) is 6.54 Å². The molecule has 17 heavy (non-hydrogen) atoms. The molecule has 0 radical (unpaired) electrons. The van der Waals surface area contributed by atoms with Crippen LogP contribution in [0.4, 0.5) is 4.39 Å². The van der Waals surface area contributed by atoms with Crippen molar-refractivity contribution in [1.29, 1.82) is 0 Å². The van der Waals surface area contributed by atoms with Crippen molar-refractivity contribution in [2.75, 3.05) is 0 Å². The number of nitrogens with one attached hydrogen (secondary N) is 1. The maximum absolute atomic E-state index is 13.4. The zero-order chi connectivity index (χ0) is 12.6. The molecule has 0 atom stereocenters. The Kier molecular flexibility index (Phi) is 3.68. The SMILES string of the molecule is CC(C)CCn1c(=S)[nH]c2cc(F)c(Br)cc21. The first-order chi connectivity index (χ1) is 7.99. The van der Waals surface area contributed by atoms with Crippen molar-refractivity contribution in [1.82, 2.24) is 9.55 Å². The number of nitrogens with zero attached hydrogens (tertiary/aromatic N) is 1. The molecule has 0 amide bonds. The Hall–Kier alpha value is -0.680. The lowest BCUT2D eigenvalue weighted by atomic mass is 10.1. The molecule has 5 heteroatoms. The van der Waals surface area contributed by atoms with Crippen LogP contribution in [0.15, 0.2) is 16.6 Å². The summed E-state index contributed by atoms with van der Waals surface area (Å²) in [7, 11) is 0. The van der Waals surface area contributed by atoms with E-state index in [-0.39, 0.29) is 5.82 Å². The lowest BCUT2D eigenvalue weighted by Crippen LogP contribution is -2.01. The molecular formula is C12H14BrFN2S. The maximum Gasteiger partial charge on any atom is 0.178 e. The third-order valence-electron chi connectivity index (χ3n) is 2.75. The second kappa shape index (κ2) is 4.90. The van der Waals surface area contributed by atoms with Crippen molar-refractivity contribution < 1.29 is 4.39 Å². The van der Waals surface area contributed by atoms with E-state index in [1.165, 1.54) is 6.07 Å². The molecule has 0 saturated heterocycles. The molecule has 2 rings (SSSR count). The van der Waals surface area contributed by atoms with E-state index in [1.54, 1.807) is 6.07 Å². The van der Waals surface area contributed by atoms with E-state index in [9.17, 15) is 4.39 Å². The first-order valence-corrected chi connectivity index (χ1v) is 6.76. The number of aromatic amines is 1. The summed E-state index contributed by atoms with van der Waals surface area (Å²) in [6.45, 7) is 5.21. The summed E-state index contributed by atoms with van der Waals surface area (Å²) < 4.78 is 16.5. The minimum absolute atomic E-state index is 0.273. The summed E-state index contributed by atoms with van der Waals surface area (Å²) in [5.74, 6) is 0.343. The van der Waals surface area contributed by atoms with Gasteiger partial charge in [0.15, 0.2) is 4.77 Å². The summed E-state index contributed by atoms with van der Waals surface area (Å²) >= 11 is 8.46. The smallest absolute Gasteiger partial charge is 0.178 e. The van der Waals surface area contributed by atoms with Crippen LogP contribution in [0.5, 0.6) is 0 Å². The molecule has 2 nitrogen and oxygen atoms in total. The number of halogens is 2. The number of aromatic nitrogens is 2. The number of imidazole rings is 1. The number of aryl methyl sites for hydroxylation is 1. The van der Waals surface area contributed by atoms with Crippen LogP contribution < -0.4 is 0 Å². The summed E-state index contributed by atoms with van der Waals surface area (Å²) in [6.07, 6.45) is 1.05. The van der Waals surface area contributed by atoms with Crippen LogP contribution in [0.2, 0.25) is 0 Å². The Morgan fingerprint density at radius 3 is 2.82 bits per heavy atom. The molecule has 0 saturated carbocycles. The van der Waals surface area contributed by atoms with Crippen LogP contribution in [0, 0.1) is 16.5 Å². The highest BCUT2D eigenvalue weighted by atomic mass is 79.9. The van der Waals surface area contributed by atoms with Crippen LogP contribution in [0.1, 0.15) is 20.3 Å². The molecule has 1 heterocycles. The molecular weight excluding hydrogens is 303 g/mol. The van der Waals surface area contributed by atoms with Gasteiger partial charge in [0.2, 0.25) is 0 Å². The molecule has 0 bridgehead atoms. The number of fused-ring (bicyclic) bond motifs is 1. The van der Waals surface area contributed by atoms with Crippen LogP contribution in [0.3, 0.4) is 0 Å². The van der Waals surface area contributed by atoms with Gasteiger partial charge in [0.25, 0.3) is 0 Å². The lowest BCUT2D eigenvalue weighted by molar-refractivity contribution is 0.520. The zero-order valence-corrected chi connectivity index (χ0v) is 12.2. The Balaban J connectivity index is 2.51. The summed E-state index contributed by atoms with van der Waals surface area (Å²) in [5.41, 5.74) is 1.70. The van der Waals surface area contributed by atoms with E-state index >= 15 is 0 Å². The van der Waals surface area contributed by atoms with Crippen molar-refractivity contribution >= 4 is 39.2 Å². The normalized spacial score (nSPS) is 11.6. The number of hydrogen-bond acceptors (Lipinski definition) is 1. The Labute approximate surface area is 113 Å². The molecule has 1 aromatic carbocycles. The Morgan fingerprint density at radius 1 is 1.47 bits per heavy atom. The molecule has 1 N–H and O–H groups in total. The average Bonchev–Trinajstić information content (AvgIpc) is 2.52. The van der Waals surface area contributed by atoms with Gasteiger partial charge in [-0.15, -0.1) is 0 Å². The van der Waals surface area contributed by atoms with E-state index in [0.29, 0.717) is 15.2 Å². The average molecular weight is 317 g/mol. The van der Waals surface area contributed by atoms with E-state index in [1.807, 2.05) is 4.57 Å². The van der Waals surface area contributed by atoms with Gasteiger partial charge in [0.05, 0.1) is 15.5 Å². The fourth-order valence-corrected chi connectivity index (χ4v) is 2.39. The van der Waals surface area contributed by atoms with Crippen LogP contribution in [-0.4, -0.2) is 9.55 Å². The van der Waals surface area contributed by atoms with E-state index in [4.69, 9.17) is 12.2 Å². The number of H-pyrrole nitrogens is 1. The van der Waals surface area contributed by atoms with E-state index < -0.39 is 0 Å². The standard InChI is InChI=1S/C12H14BrFN2S/c1-7(2)3-4-16-11-5-8(13)9(14)6-10(11)15-12(16)17/h5-7H,3-4H2,1-2H3,(H,15,17). The van der Waals surface area contributed by atoms with Crippen molar-refractivity contribution in [3.05, 3.63) is 27.2 Å². The first kappa shape index (κ1) is 12.8. The number of benzene rings is 1. The monoisotopic (exact) mass is 316 g/mol. The highest BCUT2D eigenvalue weighted by Gasteiger charge is 2.09. The Morgan fingerprint density at radius 2 is 2.18 bits per heavy atom. The second-order valence-electron chi connectivity index (χ2n) is 4.55. The fraction of sp³-hybridized carbons (Fsp3) is 0.417. The fourth-order valence-electron chi connectivity index (χ4n) is 1.76. The van der Waals surface area contributed by atoms with Gasteiger partial charge >= 0.3 is 0 Å². The number of rotatable bonds is 3. The summed E-state index contributed by atoms with van der Waals surface area (Å²) in [5, 5.41) is 0. The highest BCUT2D eigenvalue weighted by molar-refractivity contribution is 9.10. The topological polar surface area (TPSA) is 20.7 Å². The molecule has 0 aliphatic rings. The Bertz CT molecular complexity index is 600. The van der Waals surface area contributed by atoms with Crippen molar-refractivity contribution in [2.24, 2.45) is 5.92 Å². The minimum atomic E-state index is -0.273. The molecule has 2 aromatic rings. The molecule has 0 unspecified atom stereocenters. The van der Waals surface area contributed by atoms with Crippen molar-refractivity contribution in [3.63, 3.8) is 0 Å². The predicted octanol–water partition coefficient (Wildman–Crippen LogP) is 4.65. The van der Waals surface area contributed by atoms with Gasteiger partial charge < -0.3 is 9.55 Å². The van der Waals surface area contributed by atoms with Crippen molar-refractivity contribution in [2.45, 2.75) is 26.8 Å². The summed E-state index contributed by atoms with van der Waals surface area (Å²) in [6, 6.07) is 3.25. The largest absolute Gasteiger partial charge is 0.330 e. The van der Waals surface area contributed by atoms with Gasteiger partial charge in [-0.05, 0) is 46.6 Å². The van der Waals surface area contributed by atoms with E-state index in [2.05, 4.69) is 34.8 Å². The van der Waals surface area contributed by atoms with Gasteiger partial charge in [-0.2, -0.15) is 0 Å². The molecule has 0 aliphatic carbocycles. The molecule has 92 valence electrons. The maximum atomic E-state index is 13.4. The quantitative estimate of drug-likeness (QED) is 0.818. The molecule has 0 spiro atoms. The third kappa shape index (κ3) is 2.60. The van der Waals surface area contributed by atoms with Crippen LogP contribution in [0.25, 0.3) is 11.0 Å². The van der Waals surface area contributed by atoms with Gasteiger partial charge in [-0.1, -0.05) is 13.8 Å². The molecule has 0 aliphatic heterocycles. The first-order valence-electron chi connectivity index (χ1n) is 5.56. The predicted molar refractivity (Wildman–Crippen MR) is 74.2 cm³/mol. The summed E-state index contributed by atoms with van der Waals surface area (Å²) in [4.78, 5) is 3.04.